The van der Waals surface area contributed by atoms with Gasteiger partial charge in [-0.05, 0) is 48.5 Å². The Morgan fingerprint density at radius 2 is 0.971 bits per heavy atom. The molecule has 1 aromatic heterocycles. The second kappa shape index (κ2) is 9.50. The lowest BCUT2D eigenvalue weighted by atomic mass is 10.0. The number of hydrogen-bond donors (Lipinski definition) is 0. The van der Waals surface area contributed by atoms with Gasteiger partial charge in [-0.25, -0.2) is 0 Å². The van der Waals surface area contributed by atoms with E-state index in [2.05, 4.69) is 32.3 Å². The maximum atomic E-state index is 5.21. The average Bonchev–Trinajstić information content (AvgIpc) is 2.91. The maximum absolute atomic E-state index is 5.21. The molecule has 0 bridgehead atoms. The molecule has 0 spiro atoms. The molecule has 34 heavy (non-hydrogen) atoms. The van der Waals surface area contributed by atoms with Crippen LogP contribution in [0.4, 0.5) is 11.4 Å². The van der Waals surface area contributed by atoms with E-state index in [0.717, 1.165) is 55.8 Å². The van der Waals surface area contributed by atoms with Crippen LogP contribution in [0.15, 0.2) is 94.9 Å². The summed E-state index contributed by atoms with van der Waals surface area (Å²) in [7, 11) is 3.29. The molecule has 0 amide bonds. The zero-order valence-electron chi connectivity index (χ0n) is 18.8. The highest BCUT2D eigenvalue weighted by Crippen LogP contribution is 2.26. The molecule has 0 saturated carbocycles. The van der Waals surface area contributed by atoms with Crippen LogP contribution in [0.1, 0.15) is 11.1 Å². The van der Waals surface area contributed by atoms with E-state index in [1.807, 2.05) is 85.2 Å². The zero-order chi connectivity index (χ0) is 23.3. The number of benzene rings is 4. The van der Waals surface area contributed by atoms with Crippen molar-refractivity contribution in [3.05, 3.63) is 96.1 Å². The lowest BCUT2D eigenvalue weighted by molar-refractivity contribution is 0.415. The molecule has 0 aliphatic rings. The van der Waals surface area contributed by atoms with Crippen molar-refractivity contribution in [1.29, 1.82) is 0 Å². The Balaban J connectivity index is 1.50. The van der Waals surface area contributed by atoms with Crippen molar-refractivity contribution < 1.29 is 9.47 Å². The van der Waals surface area contributed by atoms with Crippen LogP contribution in [0.5, 0.6) is 11.5 Å². The lowest BCUT2D eigenvalue weighted by Gasteiger charge is -2.06. The lowest BCUT2D eigenvalue weighted by Crippen LogP contribution is -1.95. The Morgan fingerprint density at radius 3 is 1.35 bits per heavy atom. The summed E-state index contributed by atoms with van der Waals surface area (Å²) in [5, 5.41) is 11.1. The third kappa shape index (κ3) is 4.34. The Morgan fingerprint density at radius 1 is 0.559 bits per heavy atom. The van der Waals surface area contributed by atoms with E-state index in [4.69, 9.17) is 9.47 Å². The van der Waals surface area contributed by atoms with Gasteiger partial charge in [-0.3, -0.25) is 9.98 Å². The SMILES string of the molecule is COc1ccc(N=Cc2cccc3c2nnc2c(C=Nc4ccc(OC)cc4)cccc23)cc1. The van der Waals surface area contributed by atoms with Gasteiger partial charge in [0.15, 0.2) is 0 Å². The van der Waals surface area contributed by atoms with Gasteiger partial charge in [0.25, 0.3) is 0 Å². The molecule has 6 heteroatoms. The van der Waals surface area contributed by atoms with E-state index in [0.29, 0.717) is 0 Å². The molecule has 0 aliphatic heterocycles. The van der Waals surface area contributed by atoms with Crippen molar-refractivity contribution in [3.63, 3.8) is 0 Å². The number of rotatable bonds is 6. The van der Waals surface area contributed by atoms with Crippen LogP contribution in [-0.4, -0.2) is 36.8 Å². The van der Waals surface area contributed by atoms with Crippen molar-refractivity contribution in [2.24, 2.45) is 9.98 Å². The van der Waals surface area contributed by atoms with E-state index < -0.39 is 0 Å². The molecule has 1 heterocycles. The molecular formula is C28H22N4O2. The molecular weight excluding hydrogens is 424 g/mol. The van der Waals surface area contributed by atoms with Crippen LogP contribution in [0, 0.1) is 0 Å². The minimum Gasteiger partial charge on any atom is -0.497 e. The predicted octanol–water partition coefficient (Wildman–Crippen LogP) is 6.30. The first kappa shape index (κ1) is 21.3. The average molecular weight is 447 g/mol. The summed E-state index contributed by atoms with van der Waals surface area (Å²) in [6, 6.07) is 27.3. The fourth-order valence-corrected chi connectivity index (χ4v) is 3.71. The molecule has 0 radical (unpaired) electrons. The van der Waals surface area contributed by atoms with Gasteiger partial charge in [-0.15, -0.1) is 10.2 Å². The standard InChI is InChI=1S/C28H22N4O2/c1-33-23-13-9-21(10-14-23)29-17-19-5-3-7-25-26-8-4-6-20(28(26)32-31-27(19)25)18-30-22-11-15-24(34-2)16-12-22/h3-18H,1-2H3. The molecule has 4 aromatic carbocycles. The van der Waals surface area contributed by atoms with Crippen molar-refractivity contribution in [1.82, 2.24) is 10.2 Å². The second-order valence-corrected chi connectivity index (χ2v) is 7.60. The van der Waals surface area contributed by atoms with Gasteiger partial charge in [0.05, 0.1) is 25.6 Å². The quantitative estimate of drug-likeness (QED) is 0.227. The molecule has 5 rings (SSSR count). The van der Waals surface area contributed by atoms with Gasteiger partial charge in [0, 0.05) is 34.3 Å². The molecule has 0 aliphatic carbocycles. The summed E-state index contributed by atoms with van der Waals surface area (Å²) < 4.78 is 10.4. The number of aromatic nitrogens is 2. The maximum Gasteiger partial charge on any atom is 0.119 e. The number of nitrogens with zero attached hydrogens (tertiary/aromatic N) is 4. The highest BCUT2D eigenvalue weighted by atomic mass is 16.5. The Hall–Kier alpha value is -4.58. The summed E-state index contributed by atoms with van der Waals surface area (Å²) in [5.41, 5.74) is 5.08. The van der Waals surface area contributed by atoms with E-state index in [1.165, 1.54) is 0 Å². The molecule has 0 unspecified atom stereocenters. The van der Waals surface area contributed by atoms with Gasteiger partial charge in [-0.1, -0.05) is 36.4 Å². The second-order valence-electron chi connectivity index (χ2n) is 7.60. The van der Waals surface area contributed by atoms with Crippen molar-refractivity contribution in [3.8, 4) is 11.5 Å². The van der Waals surface area contributed by atoms with E-state index >= 15 is 0 Å². The fourth-order valence-electron chi connectivity index (χ4n) is 3.71. The summed E-state index contributed by atoms with van der Waals surface area (Å²) in [4.78, 5) is 9.19. The third-order valence-corrected chi connectivity index (χ3v) is 5.52. The van der Waals surface area contributed by atoms with Gasteiger partial charge >= 0.3 is 0 Å². The Bertz CT molecular complexity index is 1390. The minimum absolute atomic E-state index is 0.799. The first-order valence-electron chi connectivity index (χ1n) is 10.8. The molecule has 166 valence electrons. The van der Waals surface area contributed by atoms with E-state index in [9.17, 15) is 0 Å². The molecule has 5 aromatic rings. The Kier molecular flexibility index (Phi) is 5.95. The van der Waals surface area contributed by atoms with Gasteiger partial charge in [0.1, 0.15) is 22.5 Å². The zero-order valence-corrected chi connectivity index (χ0v) is 18.8. The minimum atomic E-state index is 0.799. The number of fused-ring (bicyclic) bond motifs is 3. The highest BCUT2D eigenvalue weighted by Gasteiger charge is 2.09. The van der Waals surface area contributed by atoms with Crippen LogP contribution in [-0.2, 0) is 0 Å². The summed E-state index contributed by atoms with van der Waals surface area (Å²) in [5.74, 6) is 1.60. The summed E-state index contributed by atoms with van der Waals surface area (Å²) >= 11 is 0. The first-order chi connectivity index (χ1) is 16.7. The summed E-state index contributed by atoms with van der Waals surface area (Å²) in [6.45, 7) is 0. The van der Waals surface area contributed by atoms with Gasteiger partial charge < -0.3 is 9.47 Å². The molecule has 0 N–H and O–H groups in total. The van der Waals surface area contributed by atoms with Crippen molar-refractivity contribution in [2.45, 2.75) is 0 Å². The Labute approximate surface area is 197 Å². The number of aliphatic imine (C=N–C) groups is 2. The first-order valence-corrected chi connectivity index (χ1v) is 10.8. The smallest absolute Gasteiger partial charge is 0.119 e. The van der Waals surface area contributed by atoms with Crippen LogP contribution < -0.4 is 9.47 Å². The van der Waals surface area contributed by atoms with Crippen LogP contribution in [0.25, 0.3) is 21.8 Å². The van der Waals surface area contributed by atoms with Crippen molar-refractivity contribution in [2.75, 3.05) is 14.2 Å². The third-order valence-electron chi connectivity index (χ3n) is 5.52. The summed E-state index contributed by atoms with van der Waals surface area (Å²) in [6.07, 6.45) is 3.64. The van der Waals surface area contributed by atoms with Crippen LogP contribution >= 0.6 is 0 Å². The topological polar surface area (TPSA) is 69.0 Å². The molecule has 0 fully saturated rings. The molecule has 0 saturated heterocycles. The van der Waals surface area contributed by atoms with E-state index in [1.54, 1.807) is 14.2 Å². The monoisotopic (exact) mass is 446 g/mol. The van der Waals surface area contributed by atoms with Crippen LogP contribution in [0.2, 0.25) is 0 Å². The van der Waals surface area contributed by atoms with Crippen LogP contribution in [0.3, 0.4) is 0 Å². The largest absolute Gasteiger partial charge is 0.497 e. The fraction of sp³-hybridized carbons (Fsp3) is 0.0714. The number of methoxy groups -OCH3 is 2. The number of ether oxygens (including phenoxy) is 2. The van der Waals surface area contributed by atoms with E-state index in [-0.39, 0.29) is 0 Å². The molecule has 6 nitrogen and oxygen atoms in total. The van der Waals surface area contributed by atoms with Crippen molar-refractivity contribution >= 4 is 45.6 Å². The number of hydrogen-bond acceptors (Lipinski definition) is 6. The van der Waals surface area contributed by atoms with Gasteiger partial charge in [-0.2, -0.15) is 0 Å². The normalized spacial score (nSPS) is 11.6. The highest BCUT2D eigenvalue weighted by molar-refractivity contribution is 6.12. The predicted molar refractivity (Wildman–Crippen MR) is 138 cm³/mol. The molecule has 0 atom stereocenters. The van der Waals surface area contributed by atoms with Gasteiger partial charge in [0.2, 0.25) is 0 Å².